The summed E-state index contributed by atoms with van der Waals surface area (Å²) in [5.74, 6) is -0.709. The number of Topliss-reactive ketones (excluding diaryl/α,β-unsaturated/α-hetero) is 1. The van der Waals surface area contributed by atoms with Crippen molar-refractivity contribution in [1.82, 2.24) is 0 Å². The second-order valence-corrected chi connectivity index (χ2v) is 8.68. The fraction of sp³-hybridized carbons (Fsp3) is 0.0556. The molecule has 0 aromatic heterocycles. The van der Waals surface area contributed by atoms with Crippen LogP contribution in [0.5, 0.6) is 0 Å². The molecule has 0 spiro atoms. The zero-order valence-corrected chi connectivity index (χ0v) is 16.8. The van der Waals surface area contributed by atoms with Gasteiger partial charge >= 0.3 is 0 Å². The third kappa shape index (κ3) is 3.39. The van der Waals surface area contributed by atoms with E-state index in [-0.39, 0.29) is 21.9 Å². The summed E-state index contributed by atoms with van der Waals surface area (Å²) in [6.07, 6.45) is 0. The zero-order chi connectivity index (χ0) is 20.7. The van der Waals surface area contributed by atoms with Gasteiger partial charge in [0.2, 0.25) is 0 Å². The van der Waals surface area contributed by atoms with Crippen molar-refractivity contribution in [2.24, 2.45) is 0 Å². The van der Waals surface area contributed by atoms with Gasteiger partial charge in [0.25, 0.3) is 0 Å². The Morgan fingerprint density at radius 1 is 0.821 bits per heavy atom. The molecule has 3 aromatic rings. The standard InChI is InChI=1S/C18H14O7S3/c1-9(2)15(19)14-12-7-10-5-3-4-6-11(10)8-13(12)16(26(20)21)18(28(24)25)17(14)27(22)23/h3-8H,1H2,2H3,(H,20,21)(H,22,23)(H,24,25). The topological polar surface area (TPSA) is 129 Å². The predicted octanol–water partition coefficient (Wildman–Crippen LogP) is 3.49. The highest BCUT2D eigenvalue weighted by Gasteiger charge is 2.31. The van der Waals surface area contributed by atoms with E-state index in [9.17, 15) is 31.1 Å². The van der Waals surface area contributed by atoms with E-state index in [1.54, 1.807) is 24.3 Å². The average molecular weight is 439 g/mol. The van der Waals surface area contributed by atoms with Gasteiger partial charge in [-0.05, 0) is 40.8 Å². The van der Waals surface area contributed by atoms with E-state index in [1.165, 1.54) is 19.1 Å². The molecule has 3 unspecified atom stereocenters. The van der Waals surface area contributed by atoms with Crippen molar-refractivity contribution in [2.45, 2.75) is 21.6 Å². The third-order valence-electron chi connectivity index (χ3n) is 4.18. The molecule has 0 fully saturated rings. The van der Waals surface area contributed by atoms with Gasteiger partial charge < -0.3 is 13.7 Å². The van der Waals surface area contributed by atoms with Crippen molar-refractivity contribution in [3.8, 4) is 0 Å². The Morgan fingerprint density at radius 2 is 1.29 bits per heavy atom. The molecule has 0 heterocycles. The first-order valence-corrected chi connectivity index (χ1v) is 11.0. The summed E-state index contributed by atoms with van der Waals surface area (Å²) in [7, 11) is 0. The summed E-state index contributed by atoms with van der Waals surface area (Å²) in [5, 5.41) is 1.52. The molecule has 3 atom stereocenters. The SMILES string of the molecule is C=C(C)C(=O)c1c(S(=O)O)c(S(=O)O)c(S(=O)O)c2cc3ccccc3cc12. The third-order valence-corrected chi connectivity index (χ3v) is 6.72. The minimum absolute atomic E-state index is 0.0358. The van der Waals surface area contributed by atoms with Crippen LogP contribution in [0.2, 0.25) is 0 Å². The molecule has 0 radical (unpaired) electrons. The highest BCUT2D eigenvalue weighted by atomic mass is 32.2. The van der Waals surface area contributed by atoms with Crippen LogP contribution >= 0.6 is 0 Å². The molecule has 3 rings (SSSR count). The molecule has 28 heavy (non-hydrogen) atoms. The van der Waals surface area contributed by atoms with Crippen LogP contribution in [0, 0.1) is 0 Å². The maximum absolute atomic E-state index is 12.8. The highest BCUT2D eigenvalue weighted by molar-refractivity contribution is 7.84. The van der Waals surface area contributed by atoms with E-state index in [4.69, 9.17) is 0 Å². The Morgan fingerprint density at radius 3 is 1.71 bits per heavy atom. The quantitative estimate of drug-likeness (QED) is 0.241. The fourth-order valence-corrected chi connectivity index (χ4v) is 5.74. The molecule has 0 amide bonds. The number of hydrogen-bond donors (Lipinski definition) is 3. The Hall–Kier alpha value is -2.08. The molecule has 0 bridgehead atoms. The van der Waals surface area contributed by atoms with Gasteiger partial charge in [-0.1, -0.05) is 30.8 Å². The normalized spacial score (nSPS) is 14.7. The molecule has 3 aromatic carbocycles. The molecular weight excluding hydrogens is 424 g/mol. The fourth-order valence-electron chi connectivity index (χ4n) is 3.03. The van der Waals surface area contributed by atoms with Crippen molar-refractivity contribution >= 4 is 60.6 Å². The van der Waals surface area contributed by atoms with Crippen LogP contribution in [-0.4, -0.2) is 32.1 Å². The van der Waals surface area contributed by atoms with Crippen LogP contribution in [-0.2, 0) is 33.2 Å². The van der Waals surface area contributed by atoms with Crippen LogP contribution < -0.4 is 0 Å². The second kappa shape index (κ2) is 7.74. The van der Waals surface area contributed by atoms with E-state index in [0.29, 0.717) is 10.8 Å². The minimum Gasteiger partial charge on any atom is -0.302 e. The van der Waals surface area contributed by atoms with E-state index in [2.05, 4.69) is 6.58 Å². The van der Waals surface area contributed by atoms with Crippen molar-refractivity contribution in [3.63, 3.8) is 0 Å². The summed E-state index contributed by atoms with van der Waals surface area (Å²) in [4.78, 5) is 10.9. The van der Waals surface area contributed by atoms with Gasteiger partial charge in [-0.3, -0.25) is 4.79 Å². The van der Waals surface area contributed by atoms with Crippen LogP contribution in [0.3, 0.4) is 0 Å². The first kappa shape index (κ1) is 20.6. The first-order valence-electron chi connectivity index (χ1n) is 7.70. The Labute approximate surface area is 167 Å². The van der Waals surface area contributed by atoms with Crippen molar-refractivity contribution < 1.29 is 31.1 Å². The van der Waals surface area contributed by atoms with E-state index >= 15 is 0 Å². The van der Waals surface area contributed by atoms with E-state index < -0.39 is 53.7 Å². The summed E-state index contributed by atoms with van der Waals surface area (Å²) in [5.41, 5.74) is -0.255. The molecule has 0 aliphatic rings. The Bertz CT molecular complexity index is 1250. The Kier molecular flexibility index (Phi) is 5.71. The molecule has 10 heteroatoms. The van der Waals surface area contributed by atoms with E-state index in [0.717, 1.165) is 0 Å². The molecule has 146 valence electrons. The number of fused-ring (bicyclic) bond motifs is 2. The van der Waals surface area contributed by atoms with Gasteiger partial charge in [0, 0.05) is 10.9 Å². The lowest BCUT2D eigenvalue weighted by Crippen LogP contribution is -2.14. The molecular formula is C18H14O7S3. The maximum atomic E-state index is 12.8. The van der Waals surface area contributed by atoms with Crippen molar-refractivity contribution in [2.75, 3.05) is 0 Å². The average Bonchev–Trinajstić information content (AvgIpc) is 2.63. The van der Waals surface area contributed by atoms with Gasteiger partial charge in [-0.15, -0.1) is 0 Å². The number of allylic oxidation sites excluding steroid dienone is 1. The molecule has 7 nitrogen and oxygen atoms in total. The number of hydrogen-bond acceptors (Lipinski definition) is 4. The lowest BCUT2D eigenvalue weighted by atomic mass is 9.95. The molecule has 0 aliphatic heterocycles. The Balaban J connectivity index is 2.74. The first-order chi connectivity index (χ1) is 13.1. The molecule has 0 saturated carbocycles. The van der Waals surface area contributed by atoms with Gasteiger partial charge in [0.15, 0.2) is 39.0 Å². The summed E-state index contributed by atoms with van der Waals surface area (Å²) >= 11 is -8.57. The number of carbonyl (C=O) groups excluding carboxylic acids is 1. The summed E-state index contributed by atoms with van der Waals surface area (Å²) in [6.45, 7) is 4.95. The van der Waals surface area contributed by atoms with Gasteiger partial charge in [0.1, 0.15) is 4.90 Å². The van der Waals surface area contributed by atoms with Crippen molar-refractivity contribution in [3.05, 3.63) is 54.1 Å². The zero-order valence-electron chi connectivity index (χ0n) is 14.4. The monoisotopic (exact) mass is 438 g/mol. The number of benzene rings is 3. The van der Waals surface area contributed by atoms with Crippen LogP contribution in [0.1, 0.15) is 17.3 Å². The molecule has 0 aliphatic carbocycles. The number of ketones is 1. The minimum atomic E-state index is -2.91. The molecule has 3 N–H and O–H groups in total. The van der Waals surface area contributed by atoms with Crippen molar-refractivity contribution in [1.29, 1.82) is 0 Å². The largest absolute Gasteiger partial charge is 0.302 e. The van der Waals surface area contributed by atoms with Gasteiger partial charge in [0.05, 0.1) is 9.79 Å². The van der Waals surface area contributed by atoms with Crippen LogP contribution in [0.15, 0.2) is 63.2 Å². The number of rotatable bonds is 5. The van der Waals surface area contributed by atoms with E-state index in [1.807, 2.05) is 0 Å². The smallest absolute Gasteiger partial charge is 0.190 e. The van der Waals surface area contributed by atoms with Gasteiger partial charge in [-0.25, -0.2) is 12.6 Å². The number of carbonyl (C=O) groups is 1. The second-order valence-electron chi connectivity index (χ2n) is 5.96. The highest BCUT2D eigenvalue weighted by Crippen LogP contribution is 2.39. The molecule has 0 saturated heterocycles. The summed E-state index contributed by atoms with van der Waals surface area (Å²) in [6, 6.07) is 10.0. The van der Waals surface area contributed by atoms with Crippen LogP contribution in [0.25, 0.3) is 21.5 Å². The summed E-state index contributed by atoms with van der Waals surface area (Å²) < 4.78 is 65.5. The van der Waals surface area contributed by atoms with Gasteiger partial charge in [-0.2, -0.15) is 0 Å². The lowest BCUT2D eigenvalue weighted by molar-refractivity contribution is 0.103. The van der Waals surface area contributed by atoms with Crippen LogP contribution in [0.4, 0.5) is 0 Å². The lowest BCUT2D eigenvalue weighted by Gasteiger charge is -2.17. The predicted molar refractivity (Wildman–Crippen MR) is 108 cm³/mol. The maximum Gasteiger partial charge on any atom is 0.190 e.